The van der Waals surface area contributed by atoms with Gasteiger partial charge >= 0.3 is 0 Å². The van der Waals surface area contributed by atoms with Crippen LogP contribution in [0.5, 0.6) is 0 Å². The molecule has 3 nitrogen and oxygen atoms in total. The summed E-state index contributed by atoms with van der Waals surface area (Å²) in [4.78, 5) is 10.5. The minimum Gasteiger partial charge on any atom is -0.483 e. The van der Waals surface area contributed by atoms with E-state index in [0.717, 1.165) is 27.6 Å². The number of hydrogen-bond donors (Lipinski definition) is 1. The van der Waals surface area contributed by atoms with E-state index < -0.39 is 0 Å². The summed E-state index contributed by atoms with van der Waals surface area (Å²) in [5.41, 5.74) is 4.33. The summed E-state index contributed by atoms with van der Waals surface area (Å²) in [6.45, 7) is 1.80. The molecule has 0 heterocycles. The molecule has 3 rings (SSSR count). The highest BCUT2D eigenvalue weighted by Gasteiger charge is 2.14. The summed E-state index contributed by atoms with van der Waals surface area (Å²) >= 11 is 6.48. The lowest BCUT2D eigenvalue weighted by Gasteiger charge is -2.26. The summed E-state index contributed by atoms with van der Waals surface area (Å²) in [6, 6.07) is 26.7. The molecule has 3 aromatic carbocycles. The van der Waals surface area contributed by atoms with Crippen LogP contribution in [0.3, 0.4) is 0 Å². The monoisotopic (exact) mass is 339 g/mol. The van der Waals surface area contributed by atoms with Crippen LogP contribution in [0, 0.1) is 6.92 Å². The van der Waals surface area contributed by atoms with E-state index in [1.165, 1.54) is 0 Å². The highest BCUT2D eigenvalue weighted by Crippen LogP contribution is 2.38. The molecule has 0 aliphatic rings. The smallest absolute Gasteiger partial charge is 0.290 e. The first-order valence-corrected chi connectivity index (χ1v) is 7.79. The van der Waals surface area contributed by atoms with E-state index in [-0.39, 0.29) is 6.47 Å². The van der Waals surface area contributed by atoms with Crippen LogP contribution in [0.25, 0.3) is 0 Å². The van der Waals surface area contributed by atoms with Crippen LogP contribution in [0.1, 0.15) is 5.56 Å². The number of hydrogen-bond acceptors (Lipinski definition) is 2. The van der Waals surface area contributed by atoms with Gasteiger partial charge in [0.2, 0.25) is 0 Å². The Morgan fingerprint density at radius 2 is 1.33 bits per heavy atom. The van der Waals surface area contributed by atoms with Crippen molar-refractivity contribution in [1.82, 2.24) is 0 Å². The predicted octanol–water partition coefficient (Wildman–Crippen LogP) is 5.82. The lowest BCUT2D eigenvalue weighted by molar-refractivity contribution is -0.122. The topological polar surface area (TPSA) is 40.5 Å². The van der Waals surface area contributed by atoms with Gasteiger partial charge in [-0.05, 0) is 48.9 Å². The molecule has 0 unspecified atom stereocenters. The summed E-state index contributed by atoms with van der Waals surface area (Å²) in [5, 5.41) is 7.64. The maximum absolute atomic E-state index is 8.36. The van der Waals surface area contributed by atoms with Crippen molar-refractivity contribution in [2.24, 2.45) is 0 Å². The number of rotatable bonds is 3. The summed E-state index contributed by atoms with van der Waals surface area (Å²) < 4.78 is 0. The van der Waals surface area contributed by atoms with Gasteiger partial charge in [0.1, 0.15) is 0 Å². The molecular formula is C20H18ClNO2. The average Bonchev–Trinajstić information content (AvgIpc) is 2.60. The van der Waals surface area contributed by atoms with Crippen molar-refractivity contribution in [3.63, 3.8) is 0 Å². The molecule has 0 bridgehead atoms. The van der Waals surface area contributed by atoms with Gasteiger partial charge in [0.25, 0.3) is 6.47 Å². The fraction of sp³-hybridized carbons (Fsp3) is 0.0500. The van der Waals surface area contributed by atoms with Gasteiger partial charge in [-0.3, -0.25) is 4.79 Å². The Labute approximate surface area is 146 Å². The minimum atomic E-state index is -0.250. The number of nitrogens with zero attached hydrogens (tertiary/aromatic N) is 1. The van der Waals surface area contributed by atoms with Crippen LogP contribution >= 0.6 is 11.6 Å². The molecule has 122 valence electrons. The van der Waals surface area contributed by atoms with Gasteiger partial charge < -0.3 is 10.0 Å². The van der Waals surface area contributed by atoms with Crippen LogP contribution in [0.2, 0.25) is 5.02 Å². The second-order valence-electron chi connectivity index (χ2n) is 5.07. The molecule has 0 aliphatic carbocycles. The van der Waals surface area contributed by atoms with Crippen molar-refractivity contribution in [3.05, 3.63) is 89.4 Å². The number of halogens is 1. The quantitative estimate of drug-likeness (QED) is 0.611. The summed E-state index contributed by atoms with van der Waals surface area (Å²) in [5.74, 6) is 0. The Morgan fingerprint density at radius 3 is 1.75 bits per heavy atom. The van der Waals surface area contributed by atoms with Crippen molar-refractivity contribution >= 4 is 35.1 Å². The molecule has 0 fully saturated rings. The molecular weight excluding hydrogens is 322 g/mol. The maximum Gasteiger partial charge on any atom is 0.290 e. The molecule has 0 spiro atoms. The van der Waals surface area contributed by atoms with Gasteiger partial charge in [0, 0.05) is 11.4 Å². The van der Waals surface area contributed by atoms with Crippen LogP contribution in [0.15, 0.2) is 78.9 Å². The molecule has 0 saturated heterocycles. The fourth-order valence-corrected chi connectivity index (χ4v) is 2.69. The first-order chi connectivity index (χ1) is 11.7. The Morgan fingerprint density at radius 1 is 0.875 bits per heavy atom. The summed E-state index contributed by atoms with van der Waals surface area (Å²) in [6.07, 6.45) is 0. The third-order valence-electron chi connectivity index (χ3n) is 3.37. The molecule has 1 N–H and O–H groups in total. The van der Waals surface area contributed by atoms with Crippen LogP contribution in [0.4, 0.5) is 17.1 Å². The van der Waals surface area contributed by atoms with E-state index in [9.17, 15) is 0 Å². The molecule has 0 atom stereocenters. The highest BCUT2D eigenvalue weighted by atomic mass is 35.5. The zero-order valence-electron chi connectivity index (χ0n) is 13.3. The number of aryl methyl sites for hydroxylation is 1. The molecule has 0 saturated carbocycles. The predicted molar refractivity (Wildman–Crippen MR) is 99.6 cm³/mol. The maximum atomic E-state index is 8.36. The van der Waals surface area contributed by atoms with E-state index in [4.69, 9.17) is 21.5 Å². The van der Waals surface area contributed by atoms with Gasteiger partial charge in [-0.15, -0.1) is 0 Å². The van der Waals surface area contributed by atoms with E-state index >= 15 is 0 Å². The van der Waals surface area contributed by atoms with E-state index in [0.29, 0.717) is 0 Å². The van der Waals surface area contributed by atoms with Crippen LogP contribution in [-0.2, 0) is 4.79 Å². The lowest BCUT2D eigenvalue weighted by atomic mass is 10.1. The zero-order chi connectivity index (χ0) is 17.4. The van der Waals surface area contributed by atoms with Crippen LogP contribution < -0.4 is 4.90 Å². The van der Waals surface area contributed by atoms with Gasteiger partial charge in [0.15, 0.2) is 0 Å². The van der Waals surface area contributed by atoms with Crippen molar-refractivity contribution in [3.8, 4) is 0 Å². The molecule has 0 aromatic heterocycles. The number of para-hydroxylation sites is 2. The Hall–Kier alpha value is -2.78. The third kappa shape index (κ3) is 4.37. The molecule has 4 heteroatoms. The zero-order valence-corrected chi connectivity index (χ0v) is 14.0. The second kappa shape index (κ2) is 8.75. The standard InChI is InChI=1S/C19H16ClN.CH2O2/c1-15-12-13-19(18(20)14-15)21(16-8-4-2-5-9-16)17-10-6-3-7-11-17;2-1-3/h2-14H,1H3;1H,(H,2,3). The van der Waals surface area contributed by atoms with Crippen LogP contribution in [-0.4, -0.2) is 11.6 Å². The molecule has 3 aromatic rings. The largest absolute Gasteiger partial charge is 0.483 e. The van der Waals surface area contributed by atoms with Crippen molar-refractivity contribution < 1.29 is 9.90 Å². The summed E-state index contributed by atoms with van der Waals surface area (Å²) in [7, 11) is 0. The van der Waals surface area contributed by atoms with E-state index in [1.807, 2.05) is 49.4 Å². The Kier molecular flexibility index (Phi) is 6.41. The normalized spacial score (nSPS) is 9.58. The van der Waals surface area contributed by atoms with Gasteiger partial charge in [-0.25, -0.2) is 0 Å². The number of anilines is 3. The van der Waals surface area contributed by atoms with Crippen molar-refractivity contribution in [2.45, 2.75) is 6.92 Å². The average molecular weight is 340 g/mol. The SMILES string of the molecule is Cc1ccc(N(c2ccccc2)c2ccccc2)c(Cl)c1.O=CO. The van der Waals surface area contributed by atoms with Gasteiger partial charge in [-0.2, -0.15) is 0 Å². The molecule has 0 amide bonds. The van der Waals surface area contributed by atoms with E-state index in [1.54, 1.807) is 0 Å². The lowest BCUT2D eigenvalue weighted by Crippen LogP contribution is -2.10. The molecule has 24 heavy (non-hydrogen) atoms. The van der Waals surface area contributed by atoms with Gasteiger partial charge in [0.05, 0.1) is 10.7 Å². The third-order valence-corrected chi connectivity index (χ3v) is 3.68. The minimum absolute atomic E-state index is 0.250. The Balaban J connectivity index is 0.000000647. The van der Waals surface area contributed by atoms with Gasteiger partial charge in [-0.1, -0.05) is 54.1 Å². The number of carbonyl (C=O) groups is 1. The second-order valence-corrected chi connectivity index (χ2v) is 5.47. The number of benzene rings is 3. The highest BCUT2D eigenvalue weighted by molar-refractivity contribution is 6.33. The first kappa shape index (κ1) is 17.6. The fourth-order valence-electron chi connectivity index (χ4n) is 2.37. The molecule has 0 aliphatic heterocycles. The number of carboxylic acid groups (broad SMARTS) is 1. The van der Waals surface area contributed by atoms with Crippen molar-refractivity contribution in [1.29, 1.82) is 0 Å². The molecule has 0 radical (unpaired) electrons. The van der Waals surface area contributed by atoms with E-state index in [2.05, 4.69) is 41.3 Å². The Bertz CT molecular complexity index is 737. The van der Waals surface area contributed by atoms with Crippen molar-refractivity contribution in [2.75, 3.05) is 4.90 Å². The first-order valence-electron chi connectivity index (χ1n) is 7.41.